The van der Waals surface area contributed by atoms with Gasteiger partial charge in [-0.05, 0) is 36.2 Å². The Morgan fingerprint density at radius 2 is 2.23 bits per heavy atom. The number of aromatic amines is 1. The van der Waals surface area contributed by atoms with Crippen LogP contribution in [0.2, 0.25) is 0 Å². The van der Waals surface area contributed by atoms with E-state index in [1.54, 1.807) is 13.0 Å². The Balaban J connectivity index is 1.75. The number of carboxylic acid groups (broad SMARTS) is 1. The first-order chi connectivity index (χ1) is 10.6. The highest BCUT2D eigenvalue weighted by Crippen LogP contribution is 2.26. The summed E-state index contributed by atoms with van der Waals surface area (Å²) >= 11 is 1.10. The first-order valence-electron chi connectivity index (χ1n) is 6.86. The van der Waals surface area contributed by atoms with Crippen LogP contribution in [0.5, 0.6) is 0 Å². The van der Waals surface area contributed by atoms with Crippen LogP contribution in [-0.2, 0) is 6.54 Å². The van der Waals surface area contributed by atoms with Crippen LogP contribution in [0.25, 0.3) is 10.9 Å². The molecule has 4 N–H and O–H groups in total. The third-order valence-corrected chi connectivity index (χ3v) is 4.85. The minimum absolute atomic E-state index is 0.267. The predicted octanol–water partition coefficient (Wildman–Crippen LogP) is 3.02. The van der Waals surface area contributed by atoms with E-state index < -0.39 is 12.2 Å². The van der Waals surface area contributed by atoms with Crippen LogP contribution < -0.4 is 5.32 Å². The molecule has 0 radical (unpaired) electrons. The Morgan fingerprint density at radius 3 is 2.95 bits per heavy atom. The summed E-state index contributed by atoms with van der Waals surface area (Å²) in [6, 6.07) is 9.66. The number of H-pyrrole nitrogens is 1. The van der Waals surface area contributed by atoms with Crippen molar-refractivity contribution in [2.45, 2.75) is 19.7 Å². The van der Waals surface area contributed by atoms with Crippen molar-refractivity contribution in [3.05, 3.63) is 57.4 Å². The van der Waals surface area contributed by atoms with Crippen LogP contribution in [0.4, 0.5) is 0 Å². The third-order valence-electron chi connectivity index (χ3n) is 3.57. The number of carboxylic acids is 1. The summed E-state index contributed by atoms with van der Waals surface area (Å²) in [4.78, 5) is 15.1. The van der Waals surface area contributed by atoms with Crippen molar-refractivity contribution >= 4 is 28.2 Å². The maximum atomic E-state index is 11.1. The summed E-state index contributed by atoms with van der Waals surface area (Å²) in [5.74, 6) is -0.960. The van der Waals surface area contributed by atoms with Gasteiger partial charge in [0.25, 0.3) is 0 Å². The molecule has 0 aliphatic rings. The number of benzene rings is 1. The minimum atomic E-state index is -0.960. The molecule has 5 nitrogen and oxygen atoms in total. The maximum absolute atomic E-state index is 11.1. The van der Waals surface area contributed by atoms with Gasteiger partial charge in [-0.3, -0.25) is 5.32 Å². The zero-order chi connectivity index (χ0) is 15.7. The van der Waals surface area contributed by atoms with Gasteiger partial charge in [0, 0.05) is 28.5 Å². The molecular weight excluding hydrogens is 300 g/mol. The molecule has 114 valence electrons. The molecule has 0 bridgehead atoms. The number of aryl methyl sites for hydroxylation is 1. The molecule has 2 aromatic heterocycles. The molecule has 2 heterocycles. The summed E-state index contributed by atoms with van der Waals surface area (Å²) in [6.07, 6.45) is 0.998. The summed E-state index contributed by atoms with van der Waals surface area (Å²) in [5, 5.41) is 23.4. The number of hydrogen-bond acceptors (Lipinski definition) is 4. The first-order valence-corrected chi connectivity index (χ1v) is 7.68. The van der Waals surface area contributed by atoms with Gasteiger partial charge in [0.05, 0.1) is 0 Å². The number of aliphatic hydroxyl groups excluding tert-OH is 1. The second-order valence-electron chi connectivity index (χ2n) is 5.11. The summed E-state index contributed by atoms with van der Waals surface area (Å²) < 4.78 is 0. The van der Waals surface area contributed by atoms with Crippen molar-refractivity contribution in [2.75, 3.05) is 0 Å². The lowest BCUT2D eigenvalue weighted by Crippen LogP contribution is -2.19. The number of aromatic carboxylic acids is 1. The van der Waals surface area contributed by atoms with E-state index in [4.69, 9.17) is 5.11 Å². The van der Waals surface area contributed by atoms with Crippen LogP contribution in [0.3, 0.4) is 0 Å². The van der Waals surface area contributed by atoms with Crippen molar-refractivity contribution < 1.29 is 15.0 Å². The average Bonchev–Trinajstić information content (AvgIpc) is 3.11. The molecule has 1 aromatic carbocycles. The van der Waals surface area contributed by atoms with Crippen LogP contribution in [0.15, 0.2) is 36.5 Å². The second kappa shape index (κ2) is 5.92. The quantitative estimate of drug-likeness (QED) is 0.545. The average molecular weight is 316 g/mol. The summed E-state index contributed by atoms with van der Waals surface area (Å²) in [6.45, 7) is 2.23. The Hall–Kier alpha value is -2.15. The van der Waals surface area contributed by atoms with E-state index in [-0.39, 0.29) is 4.88 Å². The lowest BCUT2D eigenvalue weighted by Gasteiger charge is -2.11. The zero-order valence-corrected chi connectivity index (χ0v) is 12.8. The number of hydrogen-bond donors (Lipinski definition) is 4. The summed E-state index contributed by atoms with van der Waals surface area (Å²) in [7, 11) is 0. The lowest BCUT2D eigenvalue weighted by molar-refractivity contribution is 0.0701. The van der Waals surface area contributed by atoms with E-state index in [0.29, 0.717) is 17.0 Å². The van der Waals surface area contributed by atoms with Crippen molar-refractivity contribution in [1.29, 1.82) is 0 Å². The van der Waals surface area contributed by atoms with E-state index in [2.05, 4.69) is 10.3 Å². The molecule has 0 amide bonds. The van der Waals surface area contributed by atoms with Crippen molar-refractivity contribution in [3.63, 3.8) is 0 Å². The molecule has 0 saturated heterocycles. The van der Waals surface area contributed by atoms with Gasteiger partial charge in [-0.15, -0.1) is 11.3 Å². The molecule has 0 aliphatic carbocycles. The first kappa shape index (κ1) is 14.8. The highest BCUT2D eigenvalue weighted by molar-refractivity contribution is 7.14. The van der Waals surface area contributed by atoms with Gasteiger partial charge in [-0.25, -0.2) is 4.79 Å². The topological polar surface area (TPSA) is 85.4 Å². The molecule has 3 aromatic rings. The number of nitrogens with one attached hydrogen (secondary N) is 2. The molecule has 0 spiro atoms. The molecule has 1 unspecified atom stereocenters. The normalized spacial score (nSPS) is 12.6. The van der Waals surface area contributed by atoms with Gasteiger partial charge in [0.2, 0.25) is 0 Å². The molecule has 0 aliphatic heterocycles. The second-order valence-corrected chi connectivity index (χ2v) is 6.19. The minimum Gasteiger partial charge on any atom is -0.477 e. The van der Waals surface area contributed by atoms with Crippen molar-refractivity contribution in [3.8, 4) is 0 Å². The number of aromatic nitrogens is 1. The van der Waals surface area contributed by atoms with Crippen LogP contribution in [0.1, 0.15) is 31.9 Å². The van der Waals surface area contributed by atoms with Crippen LogP contribution >= 0.6 is 11.3 Å². The van der Waals surface area contributed by atoms with E-state index in [1.807, 2.05) is 30.5 Å². The predicted molar refractivity (Wildman–Crippen MR) is 86.1 cm³/mol. The van der Waals surface area contributed by atoms with Crippen molar-refractivity contribution in [2.24, 2.45) is 0 Å². The van der Waals surface area contributed by atoms with E-state index in [0.717, 1.165) is 27.8 Å². The molecule has 6 heteroatoms. The lowest BCUT2D eigenvalue weighted by atomic mass is 10.1. The highest BCUT2D eigenvalue weighted by atomic mass is 32.1. The maximum Gasteiger partial charge on any atom is 0.346 e. The van der Waals surface area contributed by atoms with E-state index in [1.165, 1.54) is 0 Å². The zero-order valence-electron chi connectivity index (χ0n) is 12.0. The molecule has 1 atom stereocenters. The monoisotopic (exact) mass is 316 g/mol. The third kappa shape index (κ3) is 2.76. The van der Waals surface area contributed by atoms with Crippen molar-refractivity contribution in [1.82, 2.24) is 10.3 Å². The Labute approximate surface area is 131 Å². The van der Waals surface area contributed by atoms with Gasteiger partial charge >= 0.3 is 5.97 Å². The SMILES string of the molecule is Cc1cc(C(O)NCc2cccc3[nH]ccc23)sc1C(=O)O. The Kier molecular flexibility index (Phi) is 3.98. The van der Waals surface area contributed by atoms with Gasteiger partial charge < -0.3 is 15.2 Å². The molecular formula is C16H16N2O3S. The Bertz CT molecular complexity index is 822. The highest BCUT2D eigenvalue weighted by Gasteiger charge is 2.17. The van der Waals surface area contributed by atoms with Gasteiger partial charge in [-0.1, -0.05) is 12.1 Å². The number of thiophene rings is 1. The van der Waals surface area contributed by atoms with E-state index >= 15 is 0 Å². The number of fused-ring (bicyclic) bond motifs is 1. The number of aliphatic hydroxyl groups is 1. The van der Waals surface area contributed by atoms with Gasteiger partial charge in [-0.2, -0.15) is 0 Å². The summed E-state index contributed by atoms with van der Waals surface area (Å²) in [5.41, 5.74) is 2.79. The largest absolute Gasteiger partial charge is 0.477 e. The van der Waals surface area contributed by atoms with E-state index in [9.17, 15) is 9.90 Å². The fourth-order valence-electron chi connectivity index (χ4n) is 2.47. The van der Waals surface area contributed by atoms with Crippen LogP contribution in [0, 0.1) is 6.92 Å². The molecule has 0 saturated carbocycles. The fourth-order valence-corrected chi connectivity index (χ4v) is 3.44. The molecule has 22 heavy (non-hydrogen) atoms. The number of carbonyl (C=O) groups is 1. The fraction of sp³-hybridized carbons (Fsp3) is 0.188. The van der Waals surface area contributed by atoms with Gasteiger partial charge in [0.1, 0.15) is 11.1 Å². The standard InChI is InChI=1S/C16H16N2O3S/c1-9-7-13(22-14(9)16(20)21)15(19)18-8-10-3-2-4-12-11(10)5-6-17-12/h2-7,15,17-19H,8H2,1H3,(H,20,21). The van der Waals surface area contributed by atoms with Gasteiger partial charge in [0.15, 0.2) is 0 Å². The number of rotatable bonds is 5. The molecule has 3 rings (SSSR count). The molecule has 0 fully saturated rings. The van der Waals surface area contributed by atoms with Crippen LogP contribution in [-0.4, -0.2) is 21.2 Å². The smallest absolute Gasteiger partial charge is 0.346 e. The Morgan fingerprint density at radius 1 is 1.41 bits per heavy atom.